The zero-order valence-corrected chi connectivity index (χ0v) is 36.6. The van der Waals surface area contributed by atoms with Crippen molar-refractivity contribution in [2.45, 2.75) is 231 Å². The highest BCUT2D eigenvalue weighted by Gasteiger charge is 2.28. The van der Waals surface area contributed by atoms with Gasteiger partial charge in [0, 0.05) is 12.8 Å². The van der Waals surface area contributed by atoms with Crippen molar-refractivity contribution in [2.75, 3.05) is 19.8 Å². The molecule has 0 aromatic carbocycles. The van der Waals surface area contributed by atoms with Crippen LogP contribution in [0.3, 0.4) is 0 Å². The van der Waals surface area contributed by atoms with Crippen LogP contribution >= 0.6 is 7.82 Å². The van der Waals surface area contributed by atoms with Crippen LogP contribution < -0.4 is 5.73 Å². The quantitative estimate of drug-likeness (QED) is 0.0231. The average Bonchev–Trinajstić information content (AvgIpc) is 3.17. The van der Waals surface area contributed by atoms with Crippen molar-refractivity contribution >= 4 is 25.7 Å². The minimum Gasteiger partial charge on any atom is -0.480 e. The zero-order chi connectivity index (χ0) is 41.4. The van der Waals surface area contributed by atoms with Gasteiger partial charge in [0.1, 0.15) is 12.6 Å². The molecule has 4 N–H and O–H groups in total. The number of rotatable bonds is 43. The third-order valence-corrected chi connectivity index (χ3v) is 11.0. The third kappa shape index (κ3) is 39.1. The number of carbonyl (C=O) groups excluding carboxylic acids is 2. The first-order chi connectivity index (χ1) is 27.1. The Morgan fingerprint density at radius 1 is 0.536 bits per heavy atom. The van der Waals surface area contributed by atoms with E-state index in [1.54, 1.807) is 0 Å². The van der Waals surface area contributed by atoms with Crippen LogP contribution in [0.4, 0.5) is 0 Å². The topological polar surface area (TPSA) is 172 Å². The lowest BCUT2D eigenvalue weighted by Gasteiger charge is -2.20. The summed E-state index contributed by atoms with van der Waals surface area (Å²) in [4.78, 5) is 45.9. The van der Waals surface area contributed by atoms with Gasteiger partial charge in [-0.3, -0.25) is 23.4 Å². The molecule has 0 spiro atoms. The largest absolute Gasteiger partial charge is 0.480 e. The summed E-state index contributed by atoms with van der Waals surface area (Å²) in [6.07, 6.45) is 39.9. The Bertz CT molecular complexity index is 1010. The van der Waals surface area contributed by atoms with E-state index in [1.807, 2.05) is 0 Å². The minimum absolute atomic E-state index is 0.155. The number of hydrogen-bond acceptors (Lipinski definition) is 9. The summed E-state index contributed by atoms with van der Waals surface area (Å²) in [6.45, 7) is 2.80. The molecule has 11 nitrogen and oxygen atoms in total. The number of nitrogens with two attached hydrogens (primary N) is 1. The smallest absolute Gasteiger partial charge is 0.472 e. The molecule has 56 heavy (non-hydrogen) atoms. The number of ether oxygens (including phenoxy) is 2. The van der Waals surface area contributed by atoms with Crippen molar-refractivity contribution in [1.82, 2.24) is 0 Å². The van der Waals surface area contributed by atoms with E-state index in [-0.39, 0.29) is 19.4 Å². The Kier molecular flexibility index (Phi) is 38.7. The number of carboxylic acid groups (broad SMARTS) is 1. The second kappa shape index (κ2) is 40.0. The SMILES string of the molecule is CCCCCC/C=C\CCCCCCCC(=O)O[C@H](COC(=O)CCCCCCCCCCCCCCCCCCCCC)COP(=O)(O)OC[C@H](N)C(=O)O. The lowest BCUT2D eigenvalue weighted by atomic mass is 10.0. The van der Waals surface area contributed by atoms with E-state index >= 15 is 0 Å². The van der Waals surface area contributed by atoms with E-state index < -0.39 is 51.1 Å². The maximum absolute atomic E-state index is 12.6. The number of carbonyl (C=O) groups is 3. The van der Waals surface area contributed by atoms with Crippen LogP contribution in [-0.4, -0.2) is 59.9 Å². The summed E-state index contributed by atoms with van der Waals surface area (Å²) in [7, 11) is -4.71. The molecule has 330 valence electrons. The molecular weight excluding hydrogens is 733 g/mol. The van der Waals surface area contributed by atoms with Crippen LogP contribution in [0.5, 0.6) is 0 Å². The lowest BCUT2D eigenvalue weighted by Crippen LogP contribution is -2.34. The molecule has 0 heterocycles. The highest BCUT2D eigenvalue weighted by molar-refractivity contribution is 7.47. The van der Waals surface area contributed by atoms with Gasteiger partial charge in [0.05, 0.1) is 13.2 Å². The van der Waals surface area contributed by atoms with Crippen molar-refractivity contribution in [3.05, 3.63) is 12.2 Å². The van der Waals surface area contributed by atoms with Gasteiger partial charge in [-0.15, -0.1) is 0 Å². The van der Waals surface area contributed by atoms with Gasteiger partial charge in [0.2, 0.25) is 0 Å². The van der Waals surface area contributed by atoms with Gasteiger partial charge in [-0.2, -0.15) is 0 Å². The average molecular weight is 818 g/mol. The normalized spacial score (nSPS) is 13.8. The van der Waals surface area contributed by atoms with Gasteiger partial charge in [-0.05, 0) is 38.5 Å². The fourth-order valence-corrected chi connectivity index (χ4v) is 7.19. The van der Waals surface area contributed by atoms with Crippen molar-refractivity contribution < 1.29 is 47.5 Å². The lowest BCUT2D eigenvalue weighted by molar-refractivity contribution is -0.161. The Hall–Kier alpha value is -1.78. The summed E-state index contributed by atoms with van der Waals surface area (Å²) >= 11 is 0. The number of esters is 2. The molecule has 1 unspecified atom stereocenters. The maximum atomic E-state index is 12.6. The molecule has 0 radical (unpaired) electrons. The Morgan fingerprint density at radius 3 is 1.32 bits per heavy atom. The van der Waals surface area contributed by atoms with Gasteiger partial charge >= 0.3 is 25.7 Å². The van der Waals surface area contributed by atoms with Crippen molar-refractivity contribution in [1.29, 1.82) is 0 Å². The number of unbranched alkanes of at least 4 members (excludes halogenated alkanes) is 27. The van der Waals surface area contributed by atoms with Crippen LogP contribution in [0, 0.1) is 0 Å². The number of phosphoric acid groups is 1. The molecule has 0 aromatic heterocycles. The first kappa shape index (κ1) is 54.2. The second-order valence-corrected chi connectivity index (χ2v) is 17.0. The minimum atomic E-state index is -4.71. The van der Waals surface area contributed by atoms with Crippen LogP contribution in [0.1, 0.15) is 219 Å². The molecule has 0 amide bonds. The highest BCUT2D eigenvalue weighted by atomic mass is 31.2. The zero-order valence-electron chi connectivity index (χ0n) is 35.7. The Morgan fingerprint density at radius 2 is 0.893 bits per heavy atom. The molecule has 3 atom stereocenters. The molecule has 0 aliphatic heterocycles. The fraction of sp³-hybridized carbons (Fsp3) is 0.886. The molecule has 0 aliphatic carbocycles. The summed E-state index contributed by atoms with van der Waals surface area (Å²) in [5, 5.41) is 8.89. The van der Waals surface area contributed by atoms with E-state index in [9.17, 15) is 23.8 Å². The number of allylic oxidation sites excluding steroid dienone is 2. The molecule has 0 saturated heterocycles. The molecule has 0 aliphatic rings. The maximum Gasteiger partial charge on any atom is 0.472 e. The number of hydrogen-bond donors (Lipinski definition) is 3. The number of aliphatic carboxylic acids is 1. The van der Waals surface area contributed by atoms with Crippen LogP contribution in [-0.2, 0) is 37.5 Å². The molecule has 0 aromatic rings. The Balaban J connectivity index is 4.27. The van der Waals surface area contributed by atoms with E-state index in [2.05, 4.69) is 30.5 Å². The molecule has 0 bridgehead atoms. The van der Waals surface area contributed by atoms with Gasteiger partial charge in [-0.25, -0.2) is 4.57 Å². The molecule has 0 rings (SSSR count). The van der Waals surface area contributed by atoms with Crippen LogP contribution in [0.15, 0.2) is 12.2 Å². The highest BCUT2D eigenvalue weighted by Crippen LogP contribution is 2.43. The summed E-state index contributed by atoms with van der Waals surface area (Å²) < 4.78 is 32.7. The van der Waals surface area contributed by atoms with Crippen LogP contribution in [0.25, 0.3) is 0 Å². The van der Waals surface area contributed by atoms with Crippen molar-refractivity contribution in [3.8, 4) is 0 Å². The van der Waals surface area contributed by atoms with Gasteiger partial charge in [0.25, 0.3) is 0 Å². The van der Waals surface area contributed by atoms with E-state index in [0.29, 0.717) is 12.8 Å². The summed E-state index contributed by atoms with van der Waals surface area (Å²) in [6, 6.07) is -1.52. The third-order valence-electron chi connectivity index (χ3n) is 10.0. The predicted octanol–water partition coefficient (Wildman–Crippen LogP) is 12.1. The van der Waals surface area contributed by atoms with Crippen molar-refractivity contribution in [3.63, 3.8) is 0 Å². The summed E-state index contributed by atoms with van der Waals surface area (Å²) in [5.74, 6) is -2.37. The molecular formula is C44H84NO10P. The summed E-state index contributed by atoms with van der Waals surface area (Å²) in [5.41, 5.74) is 5.33. The van der Waals surface area contributed by atoms with Crippen molar-refractivity contribution in [2.24, 2.45) is 5.73 Å². The molecule has 0 fully saturated rings. The van der Waals surface area contributed by atoms with Gasteiger partial charge in [-0.1, -0.05) is 180 Å². The first-order valence-electron chi connectivity index (χ1n) is 22.7. The van der Waals surface area contributed by atoms with Crippen LogP contribution in [0.2, 0.25) is 0 Å². The fourth-order valence-electron chi connectivity index (χ4n) is 6.41. The van der Waals surface area contributed by atoms with Gasteiger partial charge < -0.3 is 25.2 Å². The standard InChI is InChI=1S/C44H84NO10P/c1-3-5-7-9-11-13-15-17-18-19-20-21-22-24-25-27-29-31-33-35-42(46)52-37-40(38-53-56(50,51)54-39-41(45)44(48)49)55-43(47)36-34-32-30-28-26-23-16-14-12-10-8-6-4-2/h14,16,40-41H,3-13,15,17-39,45H2,1-2H3,(H,48,49)(H,50,51)/b16-14-/t40-,41+/m1/s1. The van der Waals surface area contributed by atoms with E-state index in [1.165, 1.54) is 122 Å². The molecule has 0 saturated carbocycles. The Labute approximate surface area is 341 Å². The van der Waals surface area contributed by atoms with E-state index in [4.69, 9.17) is 24.8 Å². The monoisotopic (exact) mass is 818 g/mol. The molecule has 12 heteroatoms. The number of phosphoric ester groups is 1. The number of carboxylic acids is 1. The van der Waals surface area contributed by atoms with E-state index in [0.717, 1.165) is 57.8 Å². The first-order valence-corrected chi connectivity index (χ1v) is 24.2. The second-order valence-electron chi connectivity index (χ2n) is 15.5. The van der Waals surface area contributed by atoms with Gasteiger partial charge in [0.15, 0.2) is 6.10 Å². The predicted molar refractivity (Wildman–Crippen MR) is 226 cm³/mol.